The smallest absolute Gasteiger partial charge is 0.387 e. The van der Waals surface area contributed by atoms with Gasteiger partial charge >= 0.3 is 12.6 Å². The van der Waals surface area contributed by atoms with Crippen LogP contribution >= 0.6 is 0 Å². The number of imidazole rings is 1. The number of fused-ring (bicyclic) bond motifs is 1. The average molecular weight is 374 g/mol. The number of aromatic nitrogens is 2. The fraction of sp³-hybridized carbons (Fsp3) is 0.158. The van der Waals surface area contributed by atoms with Gasteiger partial charge in [0.05, 0.1) is 25.3 Å². The van der Waals surface area contributed by atoms with Crippen LogP contribution < -0.4 is 9.47 Å². The number of esters is 1. The lowest BCUT2D eigenvalue weighted by molar-refractivity contribution is -0.0512. The molecule has 1 N–H and O–H groups in total. The number of hydrogen-bond donors (Lipinski definition) is 1. The summed E-state index contributed by atoms with van der Waals surface area (Å²) in [5.74, 6) is 0.196. The number of methoxy groups -OCH3 is 2. The number of nitrogens with one attached hydrogen (secondary N) is 1. The van der Waals surface area contributed by atoms with Gasteiger partial charge in [0.15, 0.2) is 11.5 Å². The quantitative estimate of drug-likeness (QED) is 0.657. The highest BCUT2D eigenvalue weighted by atomic mass is 19.3. The summed E-state index contributed by atoms with van der Waals surface area (Å²) in [7, 11) is 2.68. The van der Waals surface area contributed by atoms with Crippen LogP contribution in [0.5, 0.6) is 11.5 Å². The Morgan fingerprint density at radius 2 is 1.96 bits per heavy atom. The predicted molar refractivity (Wildman–Crippen MR) is 96.0 cm³/mol. The van der Waals surface area contributed by atoms with E-state index < -0.39 is 12.6 Å². The average Bonchev–Trinajstić information content (AvgIpc) is 3.09. The molecule has 0 fully saturated rings. The van der Waals surface area contributed by atoms with Crippen molar-refractivity contribution >= 4 is 29.2 Å². The van der Waals surface area contributed by atoms with Gasteiger partial charge in [0.25, 0.3) is 0 Å². The van der Waals surface area contributed by atoms with Crippen LogP contribution in [0.2, 0.25) is 0 Å². The summed E-state index contributed by atoms with van der Waals surface area (Å²) in [6.07, 6.45) is 3.42. The summed E-state index contributed by atoms with van der Waals surface area (Å²) in [4.78, 5) is 19.3. The molecule has 0 radical (unpaired) electrons. The van der Waals surface area contributed by atoms with Gasteiger partial charge in [-0.2, -0.15) is 8.78 Å². The van der Waals surface area contributed by atoms with Crippen molar-refractivity contribution in [2.24, 2.45) is 0 Å². The van der Waals surface area contributed by atoms with Crippen molar-refractivity contribution in [1.82, 2.24) is 9.97 Å². The third kappa shape index (κ3) is 4.05. The van der Waals surface area contributed by atoms with E-state index in [4.69, 9.17) is 9.47 Å². The van der Waals surface area contributed by atoms with E-state index in [1.165, 1.54) is 20.3 Å². The second-order valence-electron chi connectivity index (χ2n) is 5.44. The van der Waals surface area contributed by atoms with Crippen molar-refractivity contribution in [3.05, 3.63) is 53.3 Å². The molecular formula is C19H16F2N2O4. The minimum Gasteiger partial charge on any atom is -0.493 e. The molecule has 0 spiro atoms. The largest absolute Gasteiger partial charge is 0.493 e. The minimum atomic E-state index is -2.93. The monoisotopic (exact) mass is 374 g/mol. The van der Waals surface area contributed by atoms with Gasteiger partial charge in [-0.1, -0.05) is 18.2 Å². The Bertz CT molecular complexity index is 999. The van der Waals surface area contributed by atoms with Gasteiger partial charge in [-0.05, 0) is 35.9 Å². The van der Waals surface area contributed by atoms with Crippen LogP contribution in [0, 0.1) is 0 Å². The van der Waals surface area contributed by atoms with Gasteiger partial charge in [-0.15, -0.1) is 0 Å². The maximum atomic E-state index is 12.4. The molecule has 0 bridgehead atoms. The molecule has 3 rings (SSSR count). The molecule has 0 atom stereocenters. The molecule has 0 unspecified atom stereocenters. The summed E-state index contributed by atoms with van der Waals surface area (Å²) in [6, 6.07) is 9.74. The van der Waals surface area contributed by atoms with Gasteiger partial charge in [-0.3, -0.25) is 0 Å². The van der Waals surface area contributed by atoms with Crippen LogP contribution in [0.15, 0.2) is 36.4 Å². The van der Waals surface area contributed by atoms with E-state index in [1.54, 1.807) is 42.5 Å². The number of ether oxygens (including phenoxy) is 3. The van der Waals surface area contributed by atoms with Crippen molar-refractivity contribution in [3.63, 3.8) is 0 Å². The maximum absolute atomic E-state index is 12.4. The number of nitrogens with zero attached hydrogens (tertiary/aromatic N) is 1. The molecular weight excluding hydrogens is 358 g/mol. The highest BCUT2D eigenvalue weighted by Crippen LogP contribution is 2.30. The number of H-pyrrole nitrogens is 1. The molecule has 1 aromatic heterocycles. The highest BCUT2D eigenvalue weighted by molar-refractivity contribution is 6.02. The van der Waals surface area contributed by atoms with E-state index in [0.29, 0.717) is 28.0 Å². The number of hydrogen-bond acceptors (Lipinski definition) is 5. The van der Waals surface area contributed by atoms with Crippen LogP contribution in [0.25, 0.3) is 23.2 Å². The lowest BCUT2D eigenvalue weighted by atomic mass is 10.2. The summed E-state index contributed by atoms with van der Waals surface area (Å²) >= 11 is 0. The summed E-state index contributed by atoms with van der Waals surface area (Å²) in [5, 5.41) is 0. The lowest BCUT2D eigenvalue weighted by Gasteiger charge is -2.10. The second-order valence-corrected chi connectivity index (χ2v) is 5.44. The van der Waals surface area contributed by atoms with Gasteiger partial charge in [0.2, 0.25) is 0 Å². The van der Waals surface area contributed by atoms with Gasteiger partial charge in [0.1, 0.15) is 11.3 Å². The summed E-state index contributed by atoms with van der Waals surface area (Å²) in [5.41, 5.74) is 2.25. The van der Waals surface area contributed by atoms with Crippen molar-refractivity contribution in [3.8, 4) is 11.5 Å². The van der Waals surface area contributed by atoms with E-state index in [2.05, 4.69) is 14.7 Å². The van der Waals surface area contributed by atoms with E-state index in [0.717, 1.165) is 0 Å². The number of carbonyl (C=O) groups excluding carboxylic acids is 1. The van der Waals surface area contributed by atoms with Crippen molar-refractivity contribution in [2.75, 3.05) is 14.2 Å². The van der Waals surface area contributed by atoms with Gasteiger partial charge in [-0.25, -0.2) is 9.78 Å². The van der Waals surface area contributed by atoms with E-state index in [-0.39, 0.29) is 11.5 Å². The maximum Gasteiger partial charge on any atom is 0.387 e. The molecule has 6 nitrogen and oxygen atoms in total. The number of halogens is 2. The molecule has 0 saturated carbocycles. The number of alkyl halides is 2. The SMILES string of the molecule is COC(=O)c1cccc2[nH]c(/C=C/c3ccc(OC(F)F)c(OC)c3)nc12. The standard InChI is InChI=1S/C19H16F2N2O4/c1-25-15-10-11(6-8-14(15)27-19(20)21)7-9-16-22-13-5-3-4-12(17(13)23-16)18(24)26-2/h3-10,19H,1-2H3,(H,22,23)/b9-7+. The zero-order valence-electron chi connectivity index (χ0n) is 14.5. The number of rotatable bonds is 6. The predicted octanol–water partition coefficient (Wildman–Crippen LogP) is 4.13. The summed E-state index contributed by atoms with van der Waals surface area (Å²) in [6.45, 7) is -2.93. The molecule has 140 valence electrons. The third-order valence-electron chi connectivity index (χ3n) is 3.77. The molecule has 1 heterocycles. The Morgan fingerprint density at radius 1 is 1.15 bits per heavy atom. The first-order valence-electron chi connectivity index (χ1n) is 7.90. The molecule has 0 aliphatic heterocycles. The van der Waals surface area contributed by atoms with Crippen LogP contribution in [0.1, 0.15) is 21.7 Å². The summed E-state index contributed by atoms with van der Waals surface area (Å²) < 4.78 is 39.0. The Kier molecular flexibility index (Phi) is 5.35. The molecule has 3 aromatic rings. The lowest BCUT2D eigenvalue weighted by Crippen LogP contribution is -2.03. The molecule has 2 aromatic carbocycles. The Balaban J connectivity index is 1.89. The fourth-order valence-corrected chi connectivity index (χ4v) is 2.56. The zero-order valence-corrected chi connectivity index (χ0v) is 14.5. The van der Waals surface area contributed by atoms with Gasteiger partial charge in [0, 0.05) is 0 Å². The number of para-hydroxylation sites is 1. The van der Waals surface area contributed by atoms with E-state index in [9.17, 15) is 13.6 Å². The number of aromatic amines is 1. The molecule has 0 saturated heterocycles. The second kappa shape index (κ2) is 7.86. The Labute approximate surface area is 153 Å². The van der Waals surface area contributed by atoms with Crippen molar-refractivity contribution in [1.29, 1.82) is 0 Å². The van der Waals surface area contributed by atoms with Crippen LogP contribution in [0.4, 0.5) is 8.78 Å². The Morgan fingerprint density at radius 3 is 2.67 bits per heavy atom. The molecule has 0 amide bonds. The number of carbonyl (C=O) groups is 1. The van der Waals surface area contributed by atoms with Crippen LogP contribution in [-0.2, 0) is 4.74 Å². The van der Waals surface area contributed by atoms with E-state index >= 15 is 0 Å². The van der Waals surface area contributed by atoms with Gasteiger partial charge < -0.3 is 19.2 Å². The molecule has 0 aliphatic rings. The zero-order chi connectivity index (χ0) is 19.4. The minimum absolute atomic E-state index is 0.0453. The molecule has 8 heteroatoms. The van der Waals surface area contributed by atoms with E-state index in [1.807, 2.05) is 0 Å². The van der Waals surface area contributed by atoms with Crippen LogP contribution in [-0.4, -0.2) is 36.8 Å². The molecule has 27 heavy (non-hydrogen) atoms. The Hall–Kier alpha value is -3.42. The van der Waals surface area contributed by atoms with Crippen molar-refractivity contribution in [2.45, 2.75) is 6.61 Å². The number of benzene rings is 2. The van der Waals surface area contributed by atoms with Crippen LogP contribution in [0.3, 0.4) is 0 Å². The first-order chi connectivity index (χ1) is 13.0. The first-order valence-corrected chi connectivity index (χ1v) is 7.90. The fourth-order valence-electron chi connectivity index (χ4n) is 2.56. The first kappa shape index (κ1) is 18.4. The highest BCUT2D eigenvalue weighted by Gasteiger charge is 2.13. The van der Waals surface area contributed by atoms with Crippen molar-refractivity contribution < 1.29 is 27.8 Å². The third-order valence-corrected chi connectivity index (χ3v) is 3.77. The normalized spacial score (nSPS) is 11.3. The topological polar surface area (TPSA) is 73.4 Å². The molecule has 0 aliphatic carbocycles.